The van der Waals surface area contributed by atoms with E-state index in [2.05, 4.69) is 0 Å². The molecule has 1 aliphatic heterocycles. The van der Waals surface area contributed by atoms with Crippen molar-refractivity contribution in [1.29, 1.82) is 0 Å². The molecule has 4 heteroatoms. The minimum atomic E-state index is -0.216. The molecular formula is C14H21FN2O. The Hall–Kier alpha value is -1.13. The van der Waals surface area contributed by atoms with Gasteiger partial charge in [-0.1, -0.05) is 6.07 Å². The van der Waals surface area contributed by atoms with Crippen molar-refractivity contribution >= 4 is 5.69 Å². The number of nitrogens with zero attached hydrogens (tertiary/aromatic N) is 1. The molecule has 1 aromatic carbocycles. The van der Waals surface area contributed by atoms with Crippen LogP contribution >= 0.6 is 0 Å². The van der Waals surface area contributed by atoms with Crippen molar-refractivity contribution in [2.45, 2.75) is 38.5 Å². The summed E-state index contributed by atoms with van der Waals surface area (Å²) in [6.07, 6.45) is 1.08. The number of nitrogens with two attached hydrogens (primary N) is 1. The van der Waals surface area contributed by atoms with Gasteiger partial charge in [-0.2, -0.15) is 0 Å². The van der Waals surface area contributed by atoms with Gasteiger partial charge in [0.2, 0.25) is 0 Å². The van der Waals surface area contributed by atoms with Crippen LogP contribution in [0.25, 0.3) is 0 Å². The molecule has 18 heavy (non-hydrogen) atoms. The standard InChI is InChI=1S/C14H21FN2O/c1-9(16)11-4-5-14(12(15)8-11)17(3)13-6-7-18-10(13)2/h4-5,8-10,13H,6-7,16H2,1-3H3/t9-,10?,13?/m1/s1. The highest BCUT2D eigenvalue weighted by molar-refractivity contribution is 5.50. The molecule has 1 aliphatic rings. The average molecular weight is 252 g/mol. The first-order valence-corrected chi connectivity index (χ1v) is 6.40. The van der Waals surface area contributed by atoms with Gasteiger partial charge in [0.1, 0.15) is 5.82 Å². The fourth-order valence-electron chi connectivity index (χ4n) is 2.50. The SMILES string of the molecule is CC1OCCC1N(C)c1ccc([C@@H](C)N)cc1F. The van der Waals surface area contributed by atoms with E-state index in [9.17, 15) is 4.39 Å². The van der Waals surface area contributed by atoms with Crippen LogP contribution in [0, 0.1) is 5.82 Å². The van der Waals surface area contributed by atoms with Crippen LogP contribution in [0.15, 0.2) is 18.2 Å². The summed E-state index contributed by atoms with van der Waals surface area (Å²) in [5.74, 6) is -0.216. The third-order valence-electron chi connectivity index (χ3n) is 3.71. The van der Waals surface area contributed by atoms with Crippen LogP contribution in [0.1, 0.15) is 31.9 Å². The molecule has 0 saturated carbocycles. The van der Waals surface area contributed by atoms with Crippen LogP contribution in [0.4, 0.5) is 10.1 Å². The second kappa shape index (κ2) is 5.24. The molecule has 1 heterocycles. The topological polar surface area (TPSA) is 38.5 Å². The van der Waals surface area contributed by atoms with Gasteiger partial charge in [-0.05, 0) is 38.0 Å². The number of rotatable bonds is 3. The van der Waals surface area contributed by atoms with E-state index in [1.807, 2.05) is 31.9 Å². The van der Waals surface area contributed by atoms with Crippen LogP contribution in [0.2, 0.25) is 0 Å². The summed E-state index contributed by atoms with van der Waals surface area (Å²) < 4.78 is 19.6. The fraction of sp³-hybridized carbons (Fsp3) is 0.571. The molecule has 0 aromatic heterocycles. The summed E-state index contributed by atoms with van der Waals surface area (Å²) in [6.45, 7) is 4.63. The summed E-state index contributed by atoms with van der Waals surface area (Å²) in [5, 5.41) is 0. The van der Waals surface area contributed by atoms with E-state index in [0.717, 1.165) is 18.6 Å². The van der Waals surface area contributed by atoms with Gasteiger partial charge in [-0.25, -0.2) is 4.39 Å². The van der Waals surface area contributed by atoms with Crippen LogP contribution in [-0.4, -0.2) is 25.8 Å². The van der Waals surface area contributed by atoms with Crippen LogP contribution in [-0.2, 0) is 4.74 Å². The van der Waals surface area contributed by atoms with E-state index in [1.54, 1.807) is 6.07 Å². The van der Waals surface area contributed by atoms with Crippen molar-refractivity contribution in [3.63, 3.8) is 0 Å². The van der Waals surface area contributed by atoms with Crippen molar-refractivity contribution in [3.8, 4) is 0 Å². The number of anilines is 1. The van der Waals surface area contributed by atoms with Gasteiger partial charge in [-0.15, -0.1) is 0 Å². The lowest BCUT2D eigenvalue weighted by Crippen LogP contribution is -2.37. The molecule has 0 bridgehead atoms. The zero-order valence-corrected chi connectivity index (χ0v) is 11.2. The van der Waals surface area contributed by atoms with Gasteiger partial charge in [0.05, 0.1) is 17.8 Å². The number of halogens is 1. The van der Waals surface area contributed by atoms with Crippen LogP contribution < -0.4 is 10.6 Å². The monoisotopic (exact) mass is 252 g/mol. The molecule has 2 unspecified atom stereocenters. The van der Waals surface area contributed by atoms with Gasteiger partial charge in [0.15, 0.2) is 0 Å². The second-order valence-electron chi connectivity index (χ2n) is 5.04. The van der Waals surface area contributed by atoms with Crippen LogP contribution in [0.3, 0.4) is 0 Å². The zero-order chi connectivity index (χ0) is 13.3. The first-order valence-electron chi connectivity index (χ1n) is 6.40. The predicted octanol–water partition coefficient (Wildman–Crippen LogP) is 2.46. The lowest BCUT2D eigenvalue weighted by molar-refractivity contribution is 0.118. The second-order valence-corrected chi connectivity index (χ2v) is 5.04. The Morgan fingerprint density at radius 2 is 2.22 bits per heavy atom. The third kappa shape index (κ3) is 2.49. The van der Waals surface area contributed by atoms with E-state index in [-0.39, 0.29) is 24.0 Å². The number of hydrogen-bond donors (Lipinski definition) is 1. The Balaban J connectivity index is 2.22. The maximum Gasteiger partial charge on any atom is 0.146 e. The summed E-state index contributed by atoms with van der Waals surface area (Å²) in [4.78, 5) is 1.97. The lowest BCUT2D eigenvalue weighted by Gasteiger charge is -2.29. The quantitative estimate of drug-likeness (QED) is 0.898. The maximum atomic E-state index is 14.1. The van der Waals surface area contributed by atoms with E-state index in [1.165, 1.54) is 6.07 Å². The Kier molecular flexibility index (Phi) is 3.88. The zero-order valence-electron chi connectivity index (χ0n) is 11.2. The largest absolute Gasteiger partial charge is 0.376 e. The molecule has 0 aliphatic carbocycles. The van der Waals surface area contributed by atoms with Crippen molar-refractivity contribution in [2.24, 2.45) is 5.73 Å². The Bertz CT molecular complexity index is 422. The highest BCUT2D eigenvalue weighted by atomic mass is 19.1. The van der Waals surface area contributed by atoms with E-state index < -0.39 is 0 Å². The molecule has 2 N–H and O–H groups in total. The minimum absolute atomic E-state index is 0.141. The minimum Gasteiger partial charge on any atom is -0.376 e. The van der Waals surface area contributed by atoms with Crippen molar-refractivity contribution < 1.29 is 9.13 Å². The van der Waals surface area contributed by atoms with Crippen LogP contribution in [0.5, 0.6) is 0 Å². The van der Waals surface area contributed by atoms with Gasteiger partial charge >= 0.3 is 0 Å². The Morgan fingerprint density at radius 1 is 1.50 bits per heavy atom. The molecule has 100 valence electrons. The first-order chi connectivity index (χ1) is 8.50. The summed E-state index contributed by atoms with van der Waals surface area (Å²) >= 11 is 0. The number of ether oxygens (including phenoxy) is 1. The predicted molar refractivity (Wildman–Crippen MR) is 71.2 cm³/mol. The lowest BCUT2D eigenvalue weighted by atomic mass is 10.1. The molecule has 0 spiro atoms. The van der Waals surface area contributed by atoms with Crippen molar-refractivity contribution in [3.05, 3.63) is 29.6 Å². The number of benzene rings is 1. The summed E-state index contributed by atoms with van der Waals surface area (Å²) in [5.41, 5.74) is 7.19. The highest BCUT2D eigenvalue weighted by Gasteiger charge is 2.29. The molecule has 3 atom stereocenters. The molecule has 0 radical (unpaired) electrons. The molecule has 1 fully saturated rings. The Morgan fingerprint density at radius 3 is 2.72 bits per heavy atom. The number of hydrogen-bond acceptors (Lipinski definition) is 3. The molecule has 1 saturated heterocycles. The average Bonchev–Trinajstić information content (AvgIpc) is 2.74. The summed E-state index contributed by atoms with van der Waals surface area (Å²) in [6, 6.07) is 5.31. The number of likely N-dealkylation sites (N-methyl/N-ethyl adjacent to an activating group) is 1. The van der Waals surface area contributed by atoms with E-state index >= 15 is 0 Å². The van der Waals surface area contributed by atoms with Gasteiger partial charge in [0.25, 0.3) is 0 Å². The summed E-state index contributed by atoms with van der Waals surface area (Å²) in [7, 11) is 1.92. The van der Waals surface area contributed by atoms with E-state index in [0.29, 0.717) is 5.69 Å². The van der Waals surface area contributed by atoms with Gasteiger partial charge < -0.3 is 15.4 Å². The first kappa shape index (κ1) is 13.3. The maximum absolute atomic E-state index is 14.1. The van der Waals surface area contributed by atoms with Gasteiger partial charge in [-0.3, -0.25) is 0 Å². The smallest absolute Gasteiger partial charge is 0.146 e. The highest BCUT2D eigenvalue weighted by Crippen LogP contribution is 2.27. The molecule has 1 aromatic rings. The third-order valence-corrected chi connectivity index (χ3v) is 3.71. The molecule has 0 amide bonds. The van der Waals surface area contributed by atoms with Gasteiger partial charge in [0, 0.05) is 19.7 Å². The molecule has 3 nitrogen and oxygen atoms in total. The van der Waals surface area contributed by atoms with Crippen molar-refractivity contribution in [1.82, 2.24) is 0 Å². The van der Waals surface area contributed by atoms with Crippen molar-refractivity contribution in [2.75, 3.05) is 18.6 Å². The molecular weight excluding hydrogens is 231 g/mol. The van der Waals surface area contributed by atoms with E-state index in [4.69, 9.17) is 10.5 Å². The molecule has 2 rings (SSSR count). The fourth-order valence-corrected chi connectivity index (χ4v) is 2.50. The Labute approximate surface area is 108 Å². The normalized spacial score (nSPS) is 25.2.